The molecular formula is C13H23ClN2O3. The number of carboxylic acids is 1. The van der Waals surface area contributed by atoms with Crippen molar-refractivity contribution >= 4 is 24.3 Å². The Kier molecular flexibility index (Phi) is 6.07. The lowest BCUT2D eigenvalue weighted by Crippen LogP contribution is -2.46. The highest BCUT2D eigenvalue weighted by molar-refractivity contribution is 5.85. The molecule has 0 aliphatic carbocycles. The summed E-state index contributed by atoms with van der Waals surface area (Å²) in [5, 5.41) is 9.08. The van der Waals surface area contributed by atoms with E-state index in [9.17, 15) is 9.59 Å². The molecule has 0 unspecified atom stereocenters. The fraction of sp³-hybridized carbons (Fsp3) is 0.846. The van der Waals surface area contributed by atoms with E-state index in [-0.39, 0.29) is 24.9 Å². The van der Waals surface area contributed by atoms with Gasteiger partial charge in [-0.05, 0) is 38.1 Å². The quantitative estimate of drug-likeness (QED) is 0.849. The molecule has 6 heteroatoms. The lowest BCUT2D eigenvalue weighted by atomic mass is 9.99. The van der Waals surface area contributed by atoms with Gasteiger partial charge in [0.25, 0.3) is 0 Å². The van der Waals surface area contributed by atoms with Gasteiger partial charge >= 0.3 is 5.97 Å². The summed E-state index contributed by atoms with van der Waals surface area (Å²) in [4.78, 5) is 26.9. The summed E-state index contributed by atoms with van der Waals surface area (Å²) in [5.41, 5.74) is 0. The average Bonchev–Trinajstić information content (AvgIpc) is 2.78. The molecule has 0 aromatic carbocycles. The summed E-state index contributed by atoms with van der Waals surface area (Å²) < 4.78 is 0. The van der Waals surface area contributed by atoms with Gasteiger partial charge in [0, 0.05) is 13.1 Å². The minimum absolute atomic E-state index is 0. The molecule has 1 N–H and O–H groups in total. The van der Waals surface area contributed by atoms with Gasteiger partial charge in [0.1, 0.15) is 6.04 Å². The van der Waals surface area contributed by atoms with Crippen LogP contribution in [-0.4, -0.2) is 59.0 Å². The number of carboxylic acid groups (broad SMARTS) is 1. The summed E-state index contributed by atoms with van der Waals surface area (Å²) in [6.07, 6.45) is 3.67. The predicted molar refractivity (Wildman–Crippen MR) is 74.5 cm³/mol. The molecular weight excluding hydrogens is 268 g/mol. The molecule has 2 heterocycles. The van der Waals surface area contributed by atoms with Crippen LogP contribution >= 0.6 is 12.4 Å². The largest absolute Gasteiger partial charge is 0.480 e. The Morgan fingerprint density at radius 2 is 1.79 bits per heavy atom. The van der Waals surface area contributed by atoms with Gasteiger partial charge in [0.15, 0.2) is 0 Å². The number of carbonyl (C=O) groups is 2. The number of aliphatic carboxylic acids is 1. The van der Waals surface area contributed by atoms with Crippen LogP contribution in [-0.2, 0) is 9.59 Å². The van der Waals surface area contributed by atoms with E-state index >= 15 is 0 Å². The molecule has 1 amide bonds. The third-order valence-electron chi connectivity index (χ3n) is 4.12. The normalized spacial score (nSPS) is 25.1. The van der Waals surface area contributed by atoms with Crippen molar-refractivity contribution in [3.63, 3.8) is 0 Å². The maximum Gasteiger partial charge on any atom is 0.320 e. The first kappa shape index (κ1) is 16.2. The van der Waals surface area contributed by atoms with E-state index in [0.717, 1.165) is 38.9 Å². The van der Waals surface area contributed by atoms with Gasteiger partial charge in [-0.3, -0.25) is 14.5 Å². The Morgan fingerprint density at radius 3 is 2.37 bits per heavy atom. The first-order chi connectivity index (χ1) is 8.58. The van der Waals surface area contributed by atoms with Gasteiger partial charge in [0.05, 0.1) is 6.54 Å². The van der Waals surface area contributed by atoms with Crippen molar-refractivity contribution in [1.29, 1.82) is 0 Å². The highest BCUT2D eigenvalue weighted by Gasteiger charge is 2.33. The van der Waals surface area contributed by atoms with Crippen molar-refractivity contribution in [2.45, 2.75) is 38.6 Å². The maximum absolute atomic E-state index is 12.1. The van der Waals surface area contributed by atoms with Gasteiger partial charge in [-0.2, -0.15) is 0 Å². The first-order valence-electron chi connectivity index (χ1n) is 6.82. The zero-order valence-electron chi connectivity index (χ0n) is 11.4. The molecule has 0 bridgehead atoms. The summed E-state index contributed by atoms with van der Waals surface area (Å²) >= 11 is 0. The molecule has 19 heavy (non-hydrogen) atoms. The van der Waals surface area contributed by atoms with Gasteiger partial charge in [-0.1, -0.05) is 6.92 Å². The first-order valence-corrected chi connectivity index (χ1v) is 6.82. The van der Waals surface area contributed by atoms with E-state index in [1.165, 1.54) is 0 Å². The molecule has 0 spiro atoms. The number of amides is 1. The highest BCUT2D eigenvalue weighted by Crippen LogP contribution is 2.19. The van der Waals surface area contributed by atoms with Crippen molar-refractivity contribution in [2.75, 3.05) is 26.2 Å². The Labute approximate surface area is 120 Å². The van der Waals surface area contributed by atoms with Crippen molar-refractivity contribution < 1.29 is 14.7 Å². The number of likely N-dealkylation sites (tertiary alicyclic amines) is 2. The van der Waals surface area contributed by atoms with Crippen LogP contribution in [0.1, 0.15) is 32.6 Å². The van der Waals surface area contributed by atoms with Crippen LogP contribution in [0.25, 0.3) is 0 Å². The second-order valence-electron chi connectivity index (χ2n) is 5.53. The second kappa shape index (κ2) is 7.10. The lowest BCUT2D eigenvalue weighted by Gasteiger charge is -2.32. The summed E-state index contributed by atoms with van der Waals surface area (Å²) in [7, 11) is 0. The minimum Gasteiger partial charge on any atom is -0.480 e. The average molecular weight is 291 g/mol. The number of carbonyl (C=O) groups excluding carboxylic acids is 1. The Morgan fingerprint density at radius 1 is 1.16 bits per heavy atom. The molecule has 2 rings (SSSR count). The molecule has 0 aromatic rings. The van der Waals surface area contributed by atoms with Crippen LogP contribution in [0.4, 0.5) is 0 Å². The fourth-order valence-electron chi connectivity index (χ4n) is 2.83. The zero-order chi connectivity index (χ0) is 13.1. The third kappa shape index (κ3) is 4.08. The number of piperidine rings is 1. The zero-order valence-corrected chi connectivity index (χ0v) is 12.2. The molecule has 2 aliphatic rings. The Bertz CT molecular complexity index is 330. The standard InChI is InChI=1S/C13H22N2O3.ClH/c1-10-4-7-14(8-5-10)12(16)9-15-6-2-3-11(15)13(17)18;/h10-11H,2-9H2,1H3,(H,17,18);1H/t11-;/m0./s1. The van der Waals surface area contributed by atoms with Crippen LogP contribution in [0.15, 0.2) is 0 Å². The summed E-state index contributed by atoms with van der Waals surface area (Å²) in [6.45, 7) is 4.86. The lowest BCUT2D eigenvalue weighted by molar-refractivity contribution is -0.143. The second-order valence-corrected chi connectivity index (χ2v) is 5.53. The Balaban J connectivity index is 0.00000180. The van der Waals surface area contributed by atoms with E-state index in [0.29, 0.717) is 12.3 Å². The number of halogens is 1. The molecule has 2 saturated heterocycles. The fourth-order valence-corrected chi connectivity index (χ4v) is 2.83. The molecule has 5 nitrogen and oxygen atoms in total. The van der Waals surface area contributed by atoms with Gasteiger partial charge in [-0.25, -0.2) is 0 Å². The monoisotopic (exact) mass is 290 g/mol. The van der Waals surface area contributed by atoms with Gasteiger partial charge in [0.2, 0.25) is 5.91 Å². The maximum atomic E-state index is 12.1. The van der Waals surface area contributed by atoms with E-state index < -0.39 is 12.0 Å². The van der Waals surface area contributed by atoms with Crippen LogP contribution in [0, 0.1) is 5.92 Å². The SMILES string of the molecule is CC1CCN(C(=O)CN2CCC[C@H]2C(=O)O)CC1.Cl. The van der Waals surface area contributed by atoms with Crippen molar-refractivity contribution in [1.82, 2.24) is 9.80 Å². The highest BCUT2D eigenvalue weighted by atomic mass is 35.5. The molecule has 2 fully saturated rings. The van der Waals surface area contributed by atoms with E-state index in [1.807, 2.05) is 9.80 Å². The molecule has 0 radical (unpaired) electrons. The Hall–Kier alpha value is -0.810. The van der Waals surface area contributed by atoms with Crippen LogP contribution in [0.2, 0.25) is 0 Å². The predicted octanol–water partition coefficient (Wildman–Crippen LogP) is 1.22. The molecule has 0 aromatic heterocycles. The van der Waals surface area contributed by atoms with Gasteiger partial charge < -0.3 is 10.0 Å². The topological polar surface area (TPSA) is 60.9 Å². The van der Waals surface area contributed by atoms with Crippen molar-refractivity contribution in [3.05, 3.63) is 0 Å². The molecule has 110 valence electrons. The molecule has 0 saturated carbocycles. The van der Waals surface area contributed by atoms with Crippen LogP contribution < -0.4 is 0 Å². The molecule has 2 aliphatic heterocycles. The minimum atomic E-state index is -0.799. The third-order valence-corrected chi connectivity index (χ3v) is 4.12. The summed E-state index contributed by atoms with van der Waals surface area (Å²) in [6, 6.07) is -0.460. The van der Waals surface area contributed by atoms with Crippen LogP contribution in [0.5, 0.6) is 0 Å². The van der Waals surface area contributed by atoms with Crippen LogP contribution in [0.3, 0.4) is 0 Å². The van der Waals surface area contributed by atoms with E-state index in [1.54, 1.807) is 0 Å². The number of rotatable bonds is 3. The van der Waals surface area contributed by atoms with E-state index in [2.05, 4.69) is 6.92 Å². The van der Waals surface area contributed by atoms with Gasteiger partial charge in [-0.15, -0.1) is 12.4 Å². The van der Waals surface area contributed by atoms with Crippen molar-refractivity contribution in [3.8, 4) is 0 Å². The summed E-state index contributed by atoms with van der Waals surface area (Å²) in [5.74, 6) is -0.00442. The number of nitrogens with zero attached hydrogens (tertiary/aromatic N) is 2. The number of hydrogen-bond donors (Lipinski definition) is 1. The smallest absolute Gasteiger partial charge is 0.320 e. The van der Waals surface area contributed by atoms with E-state index in [4.69, 9.17) is 5.11 Å². The number of hydrogen-bond acceptors (Lipinski definition) is 3. The van der Waals surface area contributed by atoms with Crippen molar-refractivity contribution in [2.24, 2.45) is 5.92 Å². The molecule has 1 atom stereocenters.